The third kappa shape index (κ3) is 3.74. The molecule has 1 atom stereocenters. The molecule has 0 aromatic carbocycles. The highest BCUT2D eigenvalue weighted by molar-refractivity contribution is 7.10. The molecule has 1 aliphatic rings. The molecule has 3 rings (SSSR count). The van der Waals surface area contributed by atoms with Crippen LogP contribution in [0.5, 0.6) is 0 Å². The maximum Gasteiger partial charge on any atom is 0.435 e. The number of rotatable bonds is 3. The summed E-state index contributed by atoms with van der Waals surface area (Å²) in [5.74, 6) is 0.0142. The van der Waals surface area contributed by atoms with Crippen LogP contribution in [0.3, 0.4) is 0 Å². The summed E-state index contributed by atoms with van der Waals surface area (Å²) < 4.78 is 39.3. The molecule has 0 N–H and O–H groups in total. The van der Waals surface area contributed by atoms with Gasteiger partial charge in [0.25, 0.3) is 0 Å². The molecule has 0 aliphatic carbocycles. The van der Waals surface area contributed by atoms with Gasteiger partial charge in [0.2, 0.25) is 5.91 Å². The predicted octanol–water partition coefficient (Wildman–Crippen LogP) is 3.37. The molecule has 3 heterocycles. The average molecular weight is 343 g/mol. The van der Waals surface area contributed by atoms with E-state index in [0.29, 0.717) is 19.5 Å². The van der Waals surface area contributed by atoms with E-state index in [1.807, 2.05) is 17.5 Å². The van der Waals surface area contributed by atoms with Gasteiger partial charge in [-0.2, -0.15) is 18.3 Å². The van der Waals surface area contributed by atoms with Crippen molar-refractivity contribution in [2.24, 2.45) is 0 Å². The summed E-state index contributed by atoms with van der Waals surface area (Å²) in [6, 6.07) is 4.58. The highest BCUT2D eigenvalue weighted by atomic mass is 32.1. The summed E-state index contributed by atoms with van der Waals surface area (Å²) in [6.45, 7) is 1.05. The van der Waals surface area contributed by atoms with E-state index < -0.39 is 11.9 Å². The van der Waals surface area contributed by atoms with Gasteiger partial charge >= 0.3 is 6.18 Å². The lowest BCUT2D eigenvalue weighted by Crippen LogP contribution is -2.41. The Hall–Kier alpha value is -1.83. The number of hydrogen-bond acceptors (Lipinski definition) is 3. The first-order chi connectivity index (χ1) is 10.9. The molecule has 23 heavy (non-hydrogen) atoms. The van der Waals surface area contributed by atoms with Crippen molar-refractivity contribution in [3.8, 4) is 0 Å². The van der Waals surface area contributed by atoms with Crippen molar-refractivity contribution in [2.45, 2.75) is 31.5 Å². The first-order valence-electron chi connectivity index (χ1n) is 7.36. The van der Waals surface area contributed by atoms with Crippen LogP contribution in [0, 0.1) is 0 Å². The highest BCUT2D eigenvalue weighted by Gasteiger charge is 2.34. The van der Waals surface area contributed by atoms with Gasteiger partial charge in [-0.15, -0.1) is 11.3 Å². The lowest BCUT2D eigenvalue weighted by atomic mass is 10.1. The van der Waals surface area contributed by atoms with E-state index in [-0.39, 0.29) is 11.9 Å². The van der Waals surface area contributed by atoms with E-state index in [1.54, 1.807) is 4.90 Å². The minimum atomic E-state index is -4.44. The van der Waals surface area contributed by atoms with E-state index in [4.69, 9.17) is 0 Å². The van der Waals surface area contributed by atoms with Crippen molar-refractivity contribution in [2.75, 3.05) is 13.1 Å². The van der Waals surface area contributed by atoms with Crippen LogP contribution in [0.25, 0.3) is 0 Å². The van der Waals surface area contributed by atoms with Gasteiger partial charge in [-0.25, -0.2) is 0 Å². The molecule has 1 fully saturated rings. The van der Waals surface area contributed by atoms with Crippen molar-refractivity contribution >= 4 is 17.2 Å². The van der Waals surface area contributed by atoms with Gasteiger partial charge in [0.1, 0.15) is 0 Å². The Kier molecular flexibility index (Phi) is 4.43. The molecule has 0 bridgehead atoms. The fourth-order valence-electron chi connectivity index (χ4n) is 2.76. The van der Waals surface area contributed by atoms with Crippen molar-refractivity contribution in [1.29, 1.82) is 0 Å². The number of thiophene rings is 1. The van der Waals surface area contributed by atoms with Crippen LogP contribution in [0.1, 0.15) is 29.5 Å². The number of aromatic nitrogens is 2. The number of piperidine rings is 1. The molecule has 1 aliphatic heterocycles. The lowest BCUT2D eigenvalue weighted by molar-refractivity contribution is -0.142. The van der Waals surface area contributed by atoms with Crippen LogP contribution in [0.2, 0.25) is 0 Å². The van der Waals surface area contributed by atoms with E-state index in [0.717, 1.165) is 23.8 Å². The minimum Gasteiger partial charge on any atom is -0.340 e. The number of carbonyl (C=O) groups excluding carboxylic acids is 1. The largest absolute Gasteiger partial charge is 0.435 e. The molecule has 2 aromatic rings. The summed E-state index contributed by atoms with van der Waals surface area (Å²) in [4.78, 5) is 15.1. The smallest absolute Gasteiger partial charge is 0.340 e. The summed E-state index contributed by atoms with van der Waals surface area (Å²) in [7, 11) is 0. The Bertz CT molecular complexity index is 666. The fourth-order valence-corrected chi connectivity index (χ4v) is 3.46. The number of amides is 1. The average Bonchev–Trinajstić information content (AvgIpc) is 3.18. The SMILES string of the molecule is O=C(Cc1cccs1)N1CCCC(n2ccc(C(F)(F)F)n2)C1. The van der Waals surface area contributed by atoms with Crippen molar-refractivity contribution in [3.63, 3.8) is 0 Å². The Balaban J connectivity index is 1.66. The zero-order valence-corrected chi connectivity index (χ0v) is 13.1. The van der Waals surface area contributed by atoms with Gasteiger partial charge < -0.3 is 4.90 Å². The second kappa shape index (κ2) is 6.35. The first-order valence-corrected chi connectivity index (χ1v) is 8.24. The second-order valence-electron chi connectivity index (χ2n) is 5.57. The third-order valence-corrected chi connectivity index (χ3v) is 4.80. The Labute approximate surface area is 135 Å². The molecule has 124 valence electrons. The molecular formula is C15H16F3N3OS. The Morgan fingerprint density at radius 1 is 1.39 bits per heavy atom. The zero-order valence-electron chi connectivity index (χ0n) is 12.3. The molecule has 4 nitrogen and oxygen atoms in total. The molecule has 2 aromatic heterocycles. The normalized spacial score (nSPS) is 19.1. The molecule has 8 heteroatoms. The molecule has 0 spiro atoms. The Morgan fingerprint density at radius 2 is 2.22 bits per heavy atom. The molecule has 0 radical (unpaired) electrons. The third-order valence-electron chi connectivity index (χ3n) is 3.93. The fraction of sp³-hybridized carbons (Fsp3) is 0.467. The van der Waals surface area contributed by atoms with Crippen LogP contribution in [0.15, 0.2) is 29.8 Å². The van der Waals surface area contributed by atoms with Crippen molar-refractivity contribution in [1.82, 2.24) is 14.7 Å². The Morgan fingerprint density at radius 3 is 2.87 bits per heavy atom. The van der Waals surface area contributed by atoms with Gasteiger partial charge in [-0.1, -0.05) is 6.07 Å². The van der Waals surface area contributed by atoms with Crippen LogP contribution >= 0.6 is 11.3 Å². The standard InChI is InChI=1S/C15H16F3N3OS/c16-15(17,18)13-5-7-21(19-13)11-3-1-6-20(10-11)14(22)9-12-4-2-8-23-12/h2,4-5,7-8,11H,1,3,6,9-10H2. The van der Waals surface area contributed by atoms with Gasteiger partial charge in [-0.3, -0.25) is 9.48 Å². The summed E-state index contributed by atoms with van der Waals surface area (Å²) in [6.07, 6.45) is -1.25. The predicted molar refractivity (Wildman–Crippen MR) is 80.1 cm³/mol. The number of likely N-dealkylation sites (tertiary alicyclic amines) is 1. The molecule has 1 saturated heterocycles. The van der Waals surface area contributed by atoms with E-state index in [1.165, 1.54) is 22.2 Å². The van der Waals surface area contributed by atoms with Gasteiger partial charge in [0, 0.05) is 24.2 Å². The van der Waals surface area contributed by atoms with E-state index >= 15 is 0 Å². The molecular weight excluding hydrogens is 327 g/mol. The van der Waals surface area contributed by atoms with Crippen molar-refractivity contribution in [3.05, 3.63) is 40.3 Å². The molecule has 1 unspecified atom stereocenters. The quantitative estimate of drug-likeness (QED) is 0.857. The van der Waals surface area contributed by atoms with Crippen LogP contribution < -0.4 is 0 Å². The summed E-state index contributed by atoms with van der Waals surface area (Å²) in [5, 5.41) is 5.55. The van der Waals surface area contributed by atoms with Gasteiger partial charge in [0.15, 0.2) is 5.69 Å². The second-order valence-corrected chi connectivity index (χ2v) is 6.60. The maximum atomic E-state index is 12.6. The number of halogens is 3. The van der Waals surface area contributed by atoms with Crippen molar-refractivity contribution < 1.29 is 18.0 Å². The molecule has 1 amide bonds. The number of nitrogens with zero attached hydrogens (tertiary/aromatic N) is 3. The monoisotopic (exact) mass is 343 g/mol. The van der Waals surface area contributed by atoms with Crippen LogP contribution in [-0.2, 0) is 17.4 Å². The number of carbonyl (C=O) groups is 1. The number of alkyl halides is 3. The lowest BCUT2D eigenvalue weighted by Gasteiger charge is -2.33. The summed E-state index contributed by atoms with van der Waals surface area (Å²) in [5.41, 5.74) is -0.889. The van der Waals surface area contributed by atoms with Crippen LogP contribution in [0.4, 0.5) is 13.2 Å². The zero-order chi connectivity index (χ0) is 16.4. The maximum absolute atomic E-state index is 12.6. The number of hydrogen-bond donors (Lipinski definition) is 0. The van der Waals surface area contributed by atoms with E-state index in [9.17, 15) is 18.0 Å². The van der Waals surface area contributed by atoms with E-state index in [2.05, 4.69) is 5.10 Å². The minimum absolute atomic E-state index is 0.0142. The highest BCUT2D eigenvalue weighted by Crippen LogP contribution is 2.29. The summed E-state index contributed by atoms with van der Waals surface area (Å²) >= 11 is 1.53. The van der Waals surface area contributed by atoms with Crippen LogP contribution in [-0.4, -0.2) is 33.7 Å². The first kappa shape index (κ1) is 16.0. The molecule has 0 saturated carbocycles. The topological polar surface area (TPSA) is 38.1 Å². The van der Waals surface area contributed by atoms with Gasteiger partial charge in [-0.05, 0) is 30.4 Å². The van der Waals surface area contributed by atoms with Gasteiger partial charge in [0.05, 0.1) is 12.5 Å².